The van der Waals surface area contributed by atoms with Crippen molar-refractivity contribution in [1.29, 1.82) is 0 Å². The molecule has 0 spiro atoms. The number of hydrogen-bond donors (Lipinski definition) is 0. The lowest BCUT2D eigenvalue weighted by Crippen LogP contribution is -2.52. The first-order valence-electron chi connectivity index (χ1n) is 7.00. The Kier molecular flexibility index (Phi) is 10.6. The highest BCUT2D eigenvalue weighted by Crippen LogP contribution is 2.20. The molecule has 0 bridgehead atoms. The highest BCUT2D eigenvalue weighted by atomic mass is 79.9. The van der Waals surface area contributed by atoms with Crippen molar-refractivity contribution >= 4 is 46.4 Å². The van der Waals surface area contributed by atoms with E-state index in [-0.39, 0.29) is 6.29 Å². The Balaban J connectivity index is 5.80. The molecule has 10 nitrogen and oxygen atoms in total. The van der Waals surface area contributed by atoms with Gasteiger partial charge in [-0.05, 0) is 0 Å². The topological polar surface area (TPSA) is 132 Å². The molecule has 0 aliphatic carbocycles. The van der Waals surface area contributed by atoms with E-state index in [1.807, 2.05) is 0 Å². The molecule has 0 aromatic carbocycles. The van der Waals surface area contributed by atoms with E-state index < -0.39 is 54.9 Å². The lowest BCUT2D eigenvalue weighted by molar-refractivity contribution is -0.195. The van der Waals surface area contributed by atoms with Crippen LogP contribution in [0.3, 0.4) is 0 Å². The number of rotatable bonds is 10. The molecule has 4 atom stereocenters. The molecule has 0 aromatic rings. The predicted molar refractivity (Wildman–Crippen MR) is 83.2 cm³/mol. The highest BCUT2D eigenvalue weighted by Gasteiger charge is 2.43. The van der Waals surface area contributed by atoms with Gasteiger partial charge < -0.3 is 23.7 Å². The van der Waals surface area contributed by atoms with Crippen LogP contribution in [-0.2, 0) is 46.7 Å². The maximum atomic E-state index is 11.4. The summed E-state index contributed by atoms with van der Waals surface area (Å²) in [5.74, 6) is -3.10. The van der Waals surface area contributed by atoms with Crippen LogP contribution >= 0.6 is 16.3 Å². The molecule has 0 amide bonds. The molecule has 0 fully saturated rings. The van der Waals surface area contributed by atoms with Gasteiger partial charge in [0.15, 0.2) is 30.7 Å². The molecular weight excluding hydrogens is 408 g/mol. The van der Waals surface area contributed by atoms with E-state index in [2.05, 4.69) is 16.3 Å². The van der Waals surface area contributed by atoms with Crippen molar-refractivity contribution < 1.29 is 46.7 Å². The van der Waals surface area contributed by atoms with Crippen molar-refractivity contribution in [2.24, 2.45) is 0 Å². The van der Waals surface area contributed by atoms with Crippen LogP contribution in [-0.4, -0.2) is 61.2 Å². The van der Waals surface area contributed by atoms with Crippen molar-refractivity contribution in [2.75, 3.05) is 6.61 Å². The second-order valence-corrected chi connectivity index (χ2v) is 5.16. The van der Waals surface area contributed by atoms with E-state index in [1.165, 1.54) is 0 Å². The minimum Gasteiger partial charge on any atom is -0.462 e. The third kappa shape index (κ3) is 9.15. The molecule has 11 heteroatoms. The normalized spacial score (nSPS) is 15.1. The molecule has 25 heavy (non-hydrogen) atoms. The fraction of sp³-hybridized carbons (Fsp3) is 0.643. The number of hydrogen-bond acceptors (Lipinski definition) is 10. The van der Waals surface area contributed by atoms with E-state index in [4.69, 9.17) is 22.8 Å². The van der Waals surface area contributed by atoms with Crippen LogP contribution in [0.2, 0.25) is 0 Å². The van der Waals surface area contributed by atoms with Crippen molar-refractivity contribution in [3.8, 4) is 0 Å². The first kappa shape index (κ1) is 23.0. The summed E-state index contributed by atoms with van der Waals surface area (Å²) in [6, 6.07) is 0. The molecule has 0 aliphatic heterocycles. The van der Waals surface area contributed by atoms with Crippen LogP contribution in [0.1, 0.15) is 27.7 Å². The number of aldehydes is 1. The van der Waals surface area contributed by atoms with Gasteiger partial charge in [-0.1, -0.05) is 0 Å². The summed E-state index contributed by atoms with van der Waals surface area (Å²) in [5.41, 5.74) is 0. The molecular formula is C14H19BrO10. The Labute approximate surface area is 152 Å². The van der Waals surface area contributed by atoms with Gasteiger partial charge in [0.2, 0.25) is 0 Å². The van der Waals surface area contributed by atoms with Gasteiger partial charge in [0.25, 0.3) is 0 Å². The van der Waals surface area contributed by atoms with Gasteiger partial charge in [-0.2, -0.15) is 0 Å². The number of halogens is 1. The maximum Gasteiger partial charge on any atom is 0.303 e. The first-order valence-corrected chi connectivity index (χ1v) is 7.64. The van der Waals surface area contributed by atoms with Gasteiger partial charge in [-0.3, -0.25) is 23.0 Å². The van der Waals surface area contributed by atoms with Crippen molar-refractivity contribution in [2.45, 2.75) is 52.1 Å². The van der Waals surface area contributed by atoms with E-state index in [9.17, 15) is 24.0 Å². The second kappa shape index (κ2) is 11.5. The predicted octanol–water partition coefficient (Wildman–Crippen LogP) is 0.239. The quantitative estimate of drug-likeness (QED) is 0.271. The fourth-order valence-corrected chi connectivity index (χ4v) is 2.12. The van der Waals surface area contributed by atoms with E-state index in [0.717, 1.165) is 27.7 Å². The molecule has 0 rings (SSSR count). The van der Waals surface area contributed by atoms with Crippen LogP contribution in [0.5, 0.6) is 0 Å². The molecule has 0 unspecified atom stereocenters. The minimum absolute atomic E-state index is 0.287. The van der Waals surface area contributed by atoms with Gasteiger partial charge in [0.05, 0.1) is 16.3 Å². The van der Waals surface area contributed by atoms with Crippen molar-refractivity contribution in [3.05, 3.63) is 0 Å². The maximum absolute atomic E-state index is 11.4. The van der Waals surface area contributed by atoms with Crippen molar-refractivity contribution in [1.82, 2.24) is 0 Å². The molecule has 0 aromatic heterocycles. The Bertz CT molecular complexity index is 506. The lowest BCUT2D eigenvalue weighted by Gasteiger charge is -2.33. The SMILES string of the molecule is CC(=O)OC[C@@H](OC(C)=O)[C@@H](OC(C)=O)[C@H](OC(C)=O)[C@H](C=O)OBr. The monoisotopic (exact) mass is 426 g/mol. The van der Waals surface area contributed by atoms with Crippen LogP contribution in [0.15, 0.2) is 0 Å². The second-order valence-electron chi connectivity index (χ2n) is 4.79. The Morgan fingerprint density at radius 1 is 0.840 bits per heavy atom. The fourth-order valence-electron chi connectivity index (χ4n) is 1.82. The van der Waals surface area contributed by atoms with E-state index >= 15 is 0 Å². The van der Waals surface area contributed by atoms with Crippen LogP contribution in [0.25, 0.3) is 0 Å². The third-order valence-electron chi connectivity index (χ3n) is 2.62. The largest absolute Gasteiger partial charge is 0.462 e. The summed E-state index contributed by atoms with van der Waals surface area (Å²) in [6.45, 7) is 3.80. The average Bonchev–Trinajstić information content (AvgIpc) is 2.48. The number of carbonyl (C=O) groups is 5. The van der Waals surface area contributed by atoms with E-state index in [1.54, 1.807) is 0 Å². The smallest absolute Gasteiger partial charge is 0.303 e. The van der Waals surface area contributed by atoms with Gasteiger partial charge in [-0.25, -0.2) is 0 Å². The summed E-state index contributed by atoms with van der Waals surface area (Å²) in [6.07, 6.45) is -5.41. The molecule has 142 valence electrons. The summed E-state index contributed by atoms with van der Waals surface area (Å²) in [5, 5.41) is 0. The Hall–Kier alpha value is -2.01. The molecule has 0 radical (unpaired) electrons. The zero-order valence-corrected chi connectivity index (χ0v) is 15.6. The number of ether oxygens (including phenoxy) is 4. The minimum atomic E-state index is -1.47. The summed E-state index contributed by atoms with van der Waals surface area (Å²) in [4.78, 5) is 56.3. The summed E-state index contributed by atoms with van der Waals surface area (Å²) in [7, 11) is 0. The summed E-state index contributed by atoms with van der Waals surface area (Å²) < 4.78 is 24.5. The van der Waals surface area contributed by atoms with Crippen molar-refractivity contribution in [3.63, 3.8) is 0 Å². The standard InChI is InChI=1S/C14H19BrO10/c1-7(17)21-6-12(22-8(2)18)14(24-10(4)20)13(23-9(3)19)11(5-16)25-15/h5,11-14H,6H2,1-4H3/t11-,12+,13+,14+/m0/s1. The van der Waals surface area contributed by atoms with Gasteiger partial charge in [0, 0.05) is 27.7 Å². The average molecular weight is 427 g/mol. The molecule has 0 saturated heterocycles. The Morgan fingerprint density at radius 3 is 1.68 bits per heavy atom. The zero-order chi connectivity index (χ0) is 19.6. The van der Waals surface area contributed by atoms with Gasteiger partial charge in [0.1, 0.15) is 6.61 Å². The molecule has 0 saturated carbocycles. The molecule has 0 heterocycles. The number of esters is 4. The van der Waals surface area contributed by atoms with Crippen LogP contribution < -0.4 is 0 Å². The van der Waals surface area contributed by atoms with Gasteiger partial charge >= 0.3 is 23.9 Å². The lowest BCUT2D eigenvalue weighted by atomic mass is 10.0. The third-order valence-corrected chi connectivity index (χ3v) is 3.05. The molecule has 0 aliphatic rings. The first-order chi connectivity index (χ1) is 11.6. The molecule has 0 N–H and O–H groups in total. The van der Waals surface area contributed by atoms with Crippen LogP contribution in [0, 0.1) is 0 Å². The summed E-state index contributed by atoms with van der Waals surface area (Å²) >= 11 is 2.61. The van der Waals surface area contributed by atoms with Crippen LogP contribution in [0.4, 0.5) is 0 Å². The Morgan fingerprint density at radius 2 is 1.32 bits per heavy atom. The van der Waals surface area contributed by atoms with Gasteiger partial charge in [-0.15, -0.1) is 0 Å². The van der Waals surface area contributed by atoms with E-state index in [0.29, 0.717) is 0 Å². The zero-order valence-electron chi connectivity index (χ0n) is 14.1. The highest BCUT2D eigenvalue weighted by molar-refractivity contribution is 9.06. The number of carbonyl (C=O) groups excluding carboxylic acids is 5.